The largest absolute Gasteiger partial charge is 0.454 e. The molecular formula is C39H25N3O. The topological polar surface area (TPSA) is 34.2 Å². The van der Waals surface area contributed by atoms with Crippen molar-refractivity contribution in [1.82, 2.24) is 9.55 Å². The predicted octanol–water partition coefficient (Wildman–Crippen LogP) is 10.7. The molecule has 6 aromatic carbocycles. The van der Waals surface area contributed by atoms with Crippen molar-refractivity contribution in [1.29, 1.82) is 0 Å². The van der Waals surface area contributed by atoms with Crippen LogP contribution in [0.15, 0.2) is 156 Å². The van der Waals surface area contributed by atoms with Gasteiger partial charge in [0.1, 0.15) is 11.1 Å². The van der Waals surface area contributed by atoms with E-state index in [9.17, 15) is 0 Å². The number of hydrogen-bond acceptors (Lipinski definition) is 3. The fourth-order valence-electron chi connectivity index (χ4n) is 6.54. The molecule has 43 heavy (non-hydrogen) atoms. The van der Waals surface area contributed by atoms with E-state index < -0.39 is 0 Å². The van der Waals surface area contributed by atoms with Gasteiger partial charge in [0.05, 0.1) is 11.0 Å². The normalized spacial score (nSPS) is 11.7. The van der Waals surface area contributed by atoms with Gasteiger partial charge in [0.2, 0.25) is 0 Å². The van der Waals surface area contributed by atoms with Gasteiger partial charge in [0.15, 0.2) is 5.58 Å². The Morgan fingerprint density at radius 2 is 1.30 bits per heavy atom. The molecule has 9 rings (SSSR count). The van der Waals surface area contributed by atoms with Gasteiger partial charge in [-0.1, -0.05) is 72.8 Å². The standard InChI is InChI=1S/C39H25N3O/c1-2-11-27(12-3-1)41(30-20-22-36-33(25-30)39-37(43-36)18-9-23-40-39)28-13-8-14-29(24-28)42-34-17-7-6-16-32(34)38-31-15-5-4-10-26(31)19-21-35(38)42/h1-25H. The molecule has 202 valence electrons. The van der Waals surface area contributed by atoms with Crippen LogP contribution in [0.1, 0.15) is 0 Å². The minimum atomic E-state index is 0.793. The van der Waals surface area contributed by atoms with Crippen molar-refractivity contribution in [2.75, 3.05) is 4.90 Å². The fraction of sp³-hybridized carbons (Fsp3) is 0. The lowest BCUT2D eigenvalue weighted by molar-refractivity contribution is 0.668. The molecule has 0 aliphatic rings. The first kappa shape index (κ1) is 23.8. The van der Waals surface area contributed by atoms with Crippen LogP contribution in [-0.4, -0.2) is 9.55 Å². The van der Waals surface area contributed by atoms with E-state index in [1.165, 1.54) is 32.6 Å². The van der Waals surface area contributed by atoms with Gasteiger partial charge in [-0.15, -0.1) is 0 Å². The maximum absolute atomic E-state index is 6.09. The summed E-state index contributed by atoms with van der Waals surface area (Å²) in [6, 6.07) is 51.4. The summed E-state index contributed by atoms with van der Waals surface area (Å²) in [6.45, 7) is 0. The van der Waals surface area contributed by atoms with Crippen LogP contribution in [0.4, 0.5) is 17.1 Å². The summed E-state index contributed by atoms with van der Waals surface area (Å²) in [5, 5.41) is 6.05. The van der Waals surface area contributed by atoms with Crippen molar-refractivity contribution < 1.29 is 4.42 Å². The average molecular weight is 552 g/mol. The lowest BCUT2D eigenvalue weighted by atomic mass is 10.0. The van der Waals surface area contributed by atoms with Crippen molar-refractivity contribution in [3.8, 4) is 5.69 Å². The van der Waals surface area contributed by atoms with Crippen LogP contribution < -0.4 is 4.90 Å². The van der Waals surface area contributed by atoms with Gasteiger partial charge in [0.25, 0.3) is 0 Å². The summed E-state index contributed by atoms with van der Waals surface area (Å²) in [4.78, 5) is 6.93. The zero-order valence-electron chi connectivity index (χ0n) is 23.2. The molecule has 0 amide bonds. The summed E-state index contributed by atoms with van der Waals surface area (Å²) < 4.78 is 8.48. The monoisotopic (exact) mass is 551 g/mol. The van der Waals surface area contributed by atoms with Gasteiger partial charge in [-0.2, -0.15) is 0 Å². The van der Waals surface area contributed by atoms with Crippen LogP contribution >= 0.6 is 0 Å². The second kappa shape index (κ2) is 9.33. The van der Waals surface area contributed by atoms with Gasteiger partial charge < -0.3 is 13.9 Å². The highest BCUT2D eigenvalue weighted by molar-refractivity contribution is 6.21. The lowest BCUT2D eigenvalue weighted by Gasteiger charge is -2.26. The van der Waals surface area contributed by atoms with E-state index in [0.717, 1.165) is 44.8 Å². The highest BCUT2D eigenvalue weighted by Crippen LogP contribution is 2.41. The maximum atomic E-state index is 6.09. The molecule has 0 radical (unpaired) electrons. The first-order valence-corrected chi connectivity index (χ1v) is 14.5. The summed E-state index contributed by atoms with van der Waals surface area (Å²) in [5.74, 6) is 0. The Hall–Kier alpha value is -5.87. The number of rotatable bonds is 4. The molecule has 0 aliphatic carbocycles. The van der Waals surface area contributed by atoms with Crippen LogP contribution in [-0.2, 0) is 0 Å². The molecule has 4 nitrogen and oxygen atoms in total. The molecule has 0 saturated heterocycles. The Kier molecular flexibility index (Phi) is 5.16. The third-order valence-corrected chi connectivity index (χ3v) is 8.39. The Morgan fingerprint density at radius 3 is 2.23 bits per heavy atom. The van der Waals surface area contributed by atoms with Crippen LogP contribution in [0, 0.1) is 0 Å². The molecule has 0 fully saturated rings. The Balaban J connectivity index is 1.28. The van der Waals surface area contributed by atoms with Crippen molar-refractivity contribution in [2.45, 2.75) is 0 Å². The quantitative estimate of drug-likeness (QED) is 0.218. The summed E-state index contributed by atoms with van der Waals surface area (Å²) in [5.41, 5.74) is 9.17. The van der Waals surface area contributed by atoms with Crippen LogP contribution in [0.25, 0.3) is 60.3 Å². The van der Waals surface area contributed by atoms with Crippen molar-refractivity contribution in [3.63, 3.8) is 0 Å². The number of hydrogen-bond donors (Lipinski definition) is 0. The summed E-state index contributed by atoms with van der Waals surface area (Å²) in [7, 11) is 0. The third kappa shape index (κ3) is 3.67. The minimum absolute atomic E-state index is 0.793. The zero-order chi connectivity index (χ0) is 28.3. The smallest absolute Gasteiger partial charge is 0.153 e. The first-order chi connectivity index (χ1) is 21.3. The molecule has 0 bridgehead atoms. The summed E-state index contributed by atoms with van der Waals surface area (Å²) >= 11 is 0. The first-order valence-electron chi connectivity index (χ1n) is 14.5. The lowest BCUT2D eigenvalue weighted by Crippen LogP contribution is -2.10. The van der Waals surface area contributed by atoms with Crippen molar-refractivity contribution >= 4 is 71.7 Å². The van der Waals surface area contributed by atoms with Crippen molar-refractivity contribution in [2.24, 2.45) is 0 Å². The van der Waals surface area contributed by atoms with E-state index in [-0.39, 0.29) is 0 Å². The zero-order valence-corrected chi connectivity index (χ0v) is 23.2. The highest BCUT2D eigenvalue weighted by atomic mass is 16.3. The molecule has 4 heteroatoms. The number of furan rings is 1. The Morgan fingerprint density at radius 1 is 0.512 bits per heavy atom. The molecule has 3 heterocycles. The molecule has 3 aromatic heterocycles. The van der Waals surface area contributed by atoms with E-state index in [1.54, 1.807) is 0 Å². The minimum Gasteiger partial charge on any atom is -0.454 e. The molecule has 0 aliphatic heterocycles. The number of para-hydroxylation sites is 2. The van der Waals surface area contributed by atoms with Gasteiger partial charge in [-0.25, -0.2) is 0 Å². The number of anilines is 3. The number of pyridine rings is 1. The molecule has 0 unspecified atom stereocenters. The van der Waals surface area contributed by atoms with Gasteiger partial charge in [0, 0.05) is 45.1 Å². The van der Waals surface area contributed by atoms with E-state index in [2.05, 4.69) is 142 Å². The maximum Gasteiger partial charge on any atom is 0.153 e. The average Bonchev–Trinajstić information content (AvgIpc) is 3.61. The second-order valence-electron chi connectivity index (χ2n) is 10.9. The van der Waals surface area contributed by atoms with Crippen LogP contribution in [0.3, 0.4) is 0 Å². The molecule has 0 spiro atoms. The SMILES string of the molecule is c1ccc(N(c2cccc(-n3c4ccccc4c4c5ccccc5ccc43)c2)c2ccc3oc4cccnc4c3c2)cc1. The number of benzene rings is 6. The van der Waals surface area contributed by atoms with E-state index in [4.69, 9.17) is 4.42 Å². The van der Waals surface area contributed by atoms with Gasteiger partial charge in [-0.3, -0.25) is 4.98 Å². The molecule has 0 saturated carbocycles. The van der Waals surface area contributed by atoms with Gasteiger partial charge >= 0.3 is 0 Å². The van der Waals surface area contributed by atoms with E-state index in [1.807, 2.05) is 24.4 Å². The molecule has 9 aromatic rings. The predicted molar refractivity (Wildman–Crippen MR) is 178 cm³/mol. The van der Waals surface area contributed by atoms with E-state index >= 15 is 0 Å². The Bertz CT molecular complexity index is 2470. The third-order valence-electron chi connectivity index (χ3n) is 8.39. The van der Waals surface area contributed by atoms with Crippen LogP contribution in [0.5, 0.6) is 0 Å². The summed E-state index contributed by atoms with van der Waals surface area (Å²) in [6.07, 6.45) is 1.82. The van der Waals surface area contributed by atoms with E-state index in [0.29, 0.717) is 0 Å². The number of fused-ring (bicyclic) bond motifs is 8. The molecular weight excluding hydrogens is 526 g/mol. The van der Waals surface area contributed by atoms with Gasteiger partial charge in [-0.05, 0) is 83.6 Å². The molecule has 0 atom stereocenters. The molecule has 0 N–H and O–H groups in total. The van der Waals surface area contributed by atoms with Crippen LogP contribution in [0.2, 0.25) is 0 Å². The number of aromatic nitrogens is 2. The Labute approximate surface area is 247 Å². The van der Waals surface area contributed by atoms with Crippen molar-refractivity contribution in [3.05, 3.63) is 152 Å². The highest BCUT2D eigenvalue weighted by Gasteiger charge is 2.18. The second-order valence-corrected chi connectivity index (χ2v) is 10.9. The number of nitrogens with zero attached hydrogens (tertiary/aromatic N) is 3. The fourth-order valence-corrected chi connectivity index (χ4v) is 6.54.